The molecule has 2 aromatic rings. The minimum atomic E-state index is 0.00743. The standard InChI is InChI=1S/C23H28N2O4/c1-28-21-9-5-6-19(14-21)15-22(26)24-16-18-10-12-25(13-11-18)23(27)17-29-20-7-3-2-4-8-20/h2-9,14,18H,10-13,15-17H2,1H3,(H,24,26). The minimum absolute atomic E-state index is 0.00743. The van der Waals surface area contributed by atoms with Crippen molar-refractivity contribution < 1.29 is 19.1 Å². The van der Waals surface area contributed by atoms with E-state index in [9.17, 15) is 9.59 Å². The molecule has 6 heteroatoms. The van der Waals surface area contributed by atoms with E-state index in [2.05, 4.69) is 5.32 Å². The molecular weight excluding hydrogens is 368 g/mol. The predicted molar refractivity (Wildman–Crippen MR) is 111 cm³/mol. The first-order valence-electron chi connectivity index (χ1n) is 9.99. The van der Waals surface area contributed by atoms with Crippen molar-refractivity contribution in [3.05, 3.63) is 60.2 Å². The fourth-order valence-corrected chi connectivity index (χ4v) is 3.43. The second-order valence-corrected chi connectivity index (χ2v) is 7.26. The van der Waals surface area contributed by atoms with Crippen LogP contribution in [0, 0.1) is 5.92 Å². The van der Waals surface area contributed by atoms with E-state index in [1.807, 2.05) is 59.5 Å². The number of likely N-dealkylation sites (tertiary alicyclic amines) is 1. The number of hydrogen-bond acceptors (Lipinski definition) is 4. The number of ether oxygens (including phenoxy) is 2. The van der Waals surface area contributed by atoms with E-state index in [0.717, 1.165) is 24.2 Å². The third kappa shape index (κ3) is 6.52. The highest BCUT2D eigenvalue weighted by molar-refractivity contribution is 5.79. The average Bonchev–Trinajstić information content (AvgIpc) is 2.77. The summed E-state index contributed by atoms with van der Waals surface area (Å²) in [5.41, 5.74) is 0.931. The second-order valence-electron chi connectivity index (χ2n) is 7.26. The summed E-state index contributed by atoms with van der Waals surface area (Å²) in [6.45, 7) is 2.11. The SMILES string of the molecule is COc1cccc(CC(=O)NCC2CCN(C(=O)COc3ccccc3)CC2)c1. The molecule has 0 atom stereocenters. The van der Waals surface area contributed by atoms with Gasteiger partial charge in [0.25, 0.3) is 5.91 Å². The van der Waals surface area contributed by atoms with E-state index in [1.165, 1.54) is 0 Å². The molecule has 1 fully saturated rings. The van der Waals surface area contributed by atoms with Gasteiger partial charge < -0.3 is 19.7 Å². The van der Waals surface area contributed by atoms with E-state index in [-0.39, 0.29) is 18.4 Å². The van der Waals surface area contributed by atoms with Crippen LogP contribution in [0.25, 0.3) is 0 Å². The molecule has 0 aromatic heterocycles. The van der Waals surface area contributed by atoms with E-state index in [4.69, 9.17) is 9.47 Å². The molecule has 0 bridgehead atoms. The van der Waals surface area contributed by atoms with Gasteiger partial charge in [0, 0.05) is 19.6 Å². The van der Waals surface area contributed by atoms with Crippen molar-refractivity contribution in [3.63, 3.8) is 0 Å². The highest BCUT2D eigenvalue weighted by Gasteiger charge is 2.23. The van der Waals surface area contributed by atoms with Gasteiger partial charge in [-0.2, -0.15) is 0 Å². The number of piperidine rings is 1. The Labute approximate surface area is 171 Å². The first kappa shape index (κ1) is 20.7. The zero-order chi connectivity index (χ0) is 20.5. The maximum absolute atomic E-state index is 12.3. The van der Waals surface area contributed by atoms with Crippen LogP contribution >= 0.6 is 0 Å². The lowest BCUT2D eigenvalue weighted by Gasteiger charge is -2.32. The van der Waals surface area contributed by atoms with Crippen LogP contribution in [0.2, 0.25) is 0 Å². The predicted octanol–water partition coefficient (Wildman–Crippen LogP) is 2.67. The molecule has 1 aliphatic rings. The normalized spacial score (nSPS) is 14.3. The molecule has 3 rings (SSSR count). The summed E-state index contributed by atoms with van der Waals surface area (Å²) in [6, 6.07) is 16.9. The molecule has 1 heterocycles. The van der Waals surface area contributed by atoms with Gasteiger partial charge in [-0.1, -0.05) is 30.3 Å². The molecule has 0 spiro atoms. The number of carbonyl (C=O) groups is 2. The van der Waals surface area contributed by atoms with Gasteiger partial charge in [0.05, 0.1) is 13.5 Å². The fraction of sp³-hybridized carbons (Fsp3) is 0.391. The Balaban J connectivity index is 1.35. The van der Waals surface area contributed by atoms with Crippen LogP contribution in [-0.4, -0.2) is 50.1 Å². The molecule has 2 aromatic carbocycles. The third-order valence-electron chi connectivity index (χ3n) is 5.16. The van der Waals surface area contributed by atoms with Crippen LogP contribution in [0.3, 0.4) is 0 Å². The van der Waals surface area contributed by atoms with E-state index < -0.39 is 0 Å². The minimum Gasteiger partial charge on any atom is -0.497 e. The fourth-order valence-electron chi connectivity index (χ4n) is 3.43. The van der Waals surface area contributed by atoms with Crippen LogP contribution in [0.4, 0.5) is 0 Å². The number of hydrogen-bond donors (Lipinski definition) is 1. The van der Waals surface area contributed by atoms with Crippen molar-refractivity contribution in [1.29, 1.82) is 0 Å². The van der Waals surface area contributed by atoms with Crippen LogP contribution < -0.4 is 14.8 Å². The molecule has 6 nitrogen and oxygen atoms in total. The van der Waals surface area contributed by atoms with Crippen molar-refractivity contribution in [2.24, 2.45) is 5.92 Å². The molecule has 1 N–H and O–H groups in total. The lowest BCUT2D eigenvalue weighted by atomic mass is 9.96. The molecule has 1 saturated heterocycles. The summed E-state index contributed by atoms with van der Waals surface area (Å²) >= 11 is 0. The Morgan fingerprint density at radius 1 is 1.03 bits per heavy atom. The summed E-state index contributed by atoms with van der Waals surface area (Å²) in [6.07, 6.45) is 2.11. The topological polar surface area (TPSA) is 67.9 Å². The number of amides is 2. The monoisotopic (exact) mass is 396 g/mol. The number of nitrogens with one attached hydrogen (secondary N) is 1. The van der Waals surface area contributed by atoms with Gasteiger partial charge in [-0.25, -0.2) is 0 Å². The molecule has 0 unspecified atom stereocenters. The summed E-state index contributed by atoms with van der Waals surface area (Å²) in [7, 11) is 1.62. The number of carbonyl (C=O) groups excluding carboxylic acids is 2. The van der Waals surface area contributed by atoms with Gasteiger partial charge in [0.15, 0.2) is 6.61 Å². The zero-order valence-corrected chi connectivity index (χ0v) is 16.8. The lowest BCUT2D eigenvalue weighted by Crippen LogP contribution is -2.43. The highest BCUT2D eigenvalue weighted by Crippen LogP contribution is 2.17. The second kappa shape index (κ2) is 10.5. The summed E-state index contributed by atoms with van der Waals surface area (Å²) in [5, 5.41) is 3.02. The van der Waals surface area contributed by atoms with E-state index in [1.54, 1.807) is 7.11 Å². The van der Waals surface area contributed by atoms with Crippen molar-refractivity contribution in [2.75, 3.05) is 33.4 Å². The molecular formula is C23H28N2O4. The van der Waals surface area contributed by atoms with Crippen molar-refractivity contribution >= 4 is 11.8 Å². The molecule has 1 aliphatic heterocycles. The van der Waals surface area contributed by atoms with Crippen LogP contribution in [-0.2, 0) is 16.0 Å². The molecule has 2 amide bonds. The lowest BCUT2D eigenvalue weighted by molar-refractivity contribution is -0.135. The largest absolute Gasteiger partial charge is 0.497 e. The van der Waals surface area contributed by atoms with Gasteiger partial charge >= 0.3 is 0 Å². The Hall–Kier alpha value is -3.02. The maximum atomic E-state index is 12.3. The van der Waals surface area contributed by atoms with E-state index in [0.29, 0.717) is 37.7 Å². The quantitative estimate of drug-likeness (QED) is 0.745. The van der Waals surface area contributed by atoms with Gasteiger partial charge in [0.2, 0.25) is 5.91 Å². The molecule has 29 heavy (non-hydrogen) atoms. The van der Waals surface area contributed by atoms with Crippen molar-refractivity contribution in [2.45, 2.75) is 19.3 Å². The smallest absolute Gasteiger partial charge is 0.260 e. The molecule has 0 radical (unpaired) electrons. The van der Waals surface area contributed by atoms with Crippen molar-refractivity contribution in [1.82, 2.24) is 10.2 Å². The zero-order valence-electron chi connectivity index (χ0n) is 16.8. The summed E-state index contributed by atoms with van der Waals surface area (Å²) in [4.78, 5) is 26.4. The number of benzene rings is 2. The third-order valence-corrected chi connectivity index (χ3v) is 5.16. The first-order valence-corrected chi connectivity index (χ1v) is 9.99. The number of nitrogens with zero attached hydrogens (tertiary/aromatic N) is 1. The molecule has 0 saturated carbocycles. The summed E-state index contributed by atoms with van der Waals surface area (Å²) in [5.74, 6) is 1.86. The highest BCUT2D eigenvalue weighted by atomic mass is 16.5. The Kier molecular flexibility index (Phi) is 7.50. The Morgan fingerprint density at radius 3 is 2.48 bits per heavy atom. The van der Waals surface area contributed by atoms with Gasteiger partial charge in [-0.3, -0.25) is 9.59 Å². The van der Waals surface area contributed by atoms with Crippen LogP contribution in [0.15, 0.2) is 54.6 Å². The van der Waals surface area contributed by atoms with E-state index >= 15 is 0 Å². The van der Waals surface area contributed by atoms with Crippen LogP contribution in [0.5, 0.6) is 11.5 Å². The van der Waals surface area contributed by atoms with Gasteiger partial charge in [-0.05, 0) is 48.6 Å². The number of para-hydroxylation sites is 1. The summed E-state index contributed by atoms with van der Waals surface area (Å²) < 4.78 is 10.7. The van der Waals surface area contributed by atoms with Crippen LogP contribution in [0.1, 0.15) is 18.4 Å². The van der Waals surface area contributed by atoms with Crippen molar-refractivity contribution in [3.8, 4) is 11.5 Å². The van der Waals surface area contributed by atoms with Gasteiger partial charge in [0.1, 0.15) is 11.5 Å². The molecule has 154 valence electrons. The number of methoxy groups -OCH3 is 1. The Bertz CT molecular complexity index is 802. The van der Waals surface area contributed by atoms with Gasteiger partial charge in [-0.15, -0.1) is 0 Å². The maximum Gasteiger partial charge on any atom is 0.260 e. The molecule has 0 aliphatic carbocycles. The average molecular weight is 396 g/mol. The number of rotatable bonds is 8. The Morgan fingerprint density at radius 2 is 1.76 bits per heavy atom. The first-order chi connectivity index (χ1) is 14.1.